The van der Waals surface area contributed by atoms with Crippen LogP contribution in [0.1, 0.15) is 0 Å². The Morgan fingerprint density at radius 1 is 0.200 bits per heavy atom. The maximum atomic E-state index is 5.29. The predicted octanol–water partition coefficient (Wildman–Crippen LogP) is 22.6. The van der Waals surface area contributed by atoms with E-state index in [4.69, 9.17) is 15.0 Å². The third kappa shape index (κ3) is 7.49. The molecule has 0 bridgehead atoms. The first-order valence-electron chi connectivity index (χ1n) is 29.0. The molecule has 392 valence electrons. The van der Waals surface area contributed by atoms with Gasteiger partial charge in [-0.25, -0.2) is 0 Å². The molecule has 0 fully saturated rings. The van der Waals surface area contributed by atoms with Gasteiger partial charge in [-0.2, -0.15) is 0 Å². The first-order chi connectivity index (χ1) is 42.1. The van der Waals surface area contributed by atoms with E-state index in [2.05, 4.69) is 273 Å². The van der Waals surface area contributed by atoms with E-state index in [9.17, 15) is 0 Å². The fourth-order valence-corrected chi connectivity index (χ4v) is 15.3. The number of aromatic nitrogens is 3. The third-order valence-corrected chi connectivity index (χ3v) is 19.2. The van der Waals surface area contributed by atoms with Crippen LogP contribution in [-0.4, -0.2) is 15.0 Å². The Labute approximate surface area is 493 Å². The van der Waals surface area contributed by atoms with Gasteiger partial charge in [-0.1, -0.05) is 224 Å². The summed E-state index contributed by atoms with van der Waals surface area (Å²) in [5.74, 6) is 0. The van der Waals surface area contributed by atoms with Crippen molar-refractivity contribution < 1.29 is 0 Å². The molecule has 0 amide bonds. The van der Waals surface area contributed by atoms with Gasteiger partial charge in [-0.05, 0) is 168 Å². The van der Waals surface area contributed by atoms with E-state index in [1.807, 2.05) is 11.3 Å². The standard InChI is InChI=1S/C81H47N3S/c1-2-14-48(15-3-1)57-26-12-28-69-70-29-13-27-58(81(70)85-80(57)69)55-18-11-19-56(41-55)77-46-74-63-24-7-5-21-60(63)65-35-31-53(44-73(65)76(74)47-84-77)52-33-37-67-71(43-52)62-23-6-4-20-59(62)64-34-30-51(42-72(64)67)49-16-10-17-50(40-49)54-32-36-66-61-22-8-9-25-68(61)78-79(75(66)45-54)83-39-38-82-78/h1-47H. The summed E-state index contributed by atoms with van der Waals surface area (Å²) in [6.07, 6.45) is 5.70. The molecule has 0 saturated carbocycles. The van der Waals surface area contributed by atoms with Crippen molar-refractivity contribution >= 4 is 129 Å². The minimum Gasteiger partial charge on any atom is -0.256 e. The van der Waals surface area contributed by atoms with Crippen molar-refractivity contribution in [2.75, 3.05) is 0 Å². The van der Waals surface area contributed by atoms with E-state index in [1.54, 1.807) is 12.4 Å². The smallest absolute Gasteiger partial charge is 0.0971 e. The van der Waals surface area contributed by atoms with Gasteiger partial charge in [-0.3, -0.25) is 15.0 Å². The maximum absolute atomic E-state index is 5.29. The molecule has 0 aliphatic heterocycles. The fourth-order valence-electron chi connectivity index (χ4n) is 13.9. The molecule has 18 rings (SSSR count). The molecule has 0 aliphatic rings. The van der Waals surface area contributed by atoms with Crippen molar-refractivity contribution in [2.45, 2.75) is 0 Å². The minimum absolute atomic E-state index is 0.925. The molecule has 0 N–H and O–H groups in total. The summed E-state index contributed by atoms with van der Waals surface area (Å²) >= 11 is 1.89. The highest BCUT2D eigenvalue weighted by Gasteiger charge is 2.19. The van der Waals surface area contributed by atoms with Crippen molar-refractivity contribution in [1.82, 2.24) is 15.0 Å². The van der Waals surface area contributed by atoms with Crippen LogP contribution in [-0.2, 0) is 0 Å². The summed E-state index contributed by atoms with van der Waals surface area (Å²) in [4.78, 5) is 15.0. The van der Waals surface area contributed by atoms with E-state index >= 15 is 0 Å². The molecular weight excluding hydrogens is 1050 g/mol. The molecule has 18 aromatic rings. The molecule has 0 radical (unpaired) electrons. The van der Waals surface area contributed by atoms with Gasteiger partial charge in [0, 0.05) is 60.5 Å². The van der Waals surface area contributed by atoms with E-state index in [1.165, 1.54) is 135 Å². The zero-order chi connectivity index (χ0) is 55.7. The molecule has 0 unspecified atom stereocenters. The van der Waals surface area contributed by atoms with E-state index in [0.717, 1.165) is 49.6 Å². The van der Waals surface area contributed by atoms with Crippen LogP contribution in [0.4, 0.5) is 0 Å². The Kier molecular flexibility index (Phi) is 10.6. The number of nitrogens with zero attached hydrogens (tertiary/aromatic N) is 3. The lowest BCUT2D eigenvalue weighted by atomic mass is 9.89. The number of pyridine rings is 1. The van der Waals surface area contributed by atoms with Crippen LogP contribution in [0, 0.1) is 0 Å². The molecule has 0 spiro atoms. The van der Waals surface area contributed by atoms with Crippen molar-refractivity contribution in [2.24, 2.45) is 0 Å². The van der Waals surface area contributed by atoms with Gasteiger partial charge >= 0.3 is 0 Å². The zero-order valence-corrected chi connectivity index (χ0v) is 46.7. The molecule has 4 heteroatoms. The summed E-state index contributed by atoms with van der Waals surface area (Å²) in [5.41, 5.74) is 15.9. The Morgan fingerprint density at radius 2 is 0.553 bits per heavy atom. The molecule has 0 atom stereocenters. The number of hydrogen-bond donors (Lipinski definition) is 0. The number of hydrogen-bond acceptors (Lipinski definition) is 4. The molecule has 3 nitrogen and oxygen atoms in total. The Morgan fingerprint density at radius 3 is 1.13 bits per heavy atom. The normalized spacial score (nSPS) is 12.0. The quantitative estimate of drug-likeness (QED) is 0.156. The third-order valence-electron chi connectivity index (χ3n) is 17.9. The highest BCUT2D eigenvalue weighted by atomic mass is 32.1. The fraction of sp³-hybridized carbons (Fsp3) is 0. The van der Waals surface area contributed by atoms with Crippen molar-refractivity contribution in [3.05, 3.63) is 286 Å². The first kappa shape index (κ1) is 47.7. The van der Waals surface area contributed by atoms with Gasteiger partial charge in [0.05, 0.1) is 16.7 Å². The summed E-state index contributed by atoms with van der Waals surface area (Å²) in [6.45, 7) is 0. The van der Waals surface area contributed by atoms with Crippen LogP contribution in [0.2, 0.25) is 0 Å². The van der Waals surface area contributed by atoms with Crippen LogP contribution in [0.15, 0.2) is 286 Å². The SMILES string of the molecule is c1ccc(-c2cccc3c2sc2c(-c4cccc(-c5cc6c7ccccc7c7ccc(-c8ccc9c%10cc(-c%11cccc(-c%12ccc%13c%14ccccc%14c%14nccnc%14c%13c%12)c%11)ccc%10c%10ccccc%10c9c8)cc7c6cn5)c4)cccc23)cc1. The van der Waals surface area contributed by atoms with Crippen molar-refractivity contribution in [3.63, 3.8) is 0 Å². The van der Waals surface area contributed by atoms with Gasteiger partial charge < -0.3 is 0 Å². The average molecular weight is 1090 g/mol. The monoisotopic (exact) mass is 1090 g/mol. The van der Waals surface area contributed by atoms with Gasteiger partial charge in [-0.15, -0.1) is 11.3 Å². The Bertz CT molecular complexity index is 5830. The Hall–Kier alpha value is -10.9. The van der Waals surface area contributed by atoms with Gasteiger partial charge in [0.25, 0.3) is 0 Å². The van der Waals surface area contributed by atoms with E-state index < -0.39 is 0 Å². The van der Waals surface area contributed by atoms with Crippen molar-refractivity contribution in [1.29, 1.82) is 0 Å². The number of benzene rings is 15. The highest BCUT2D eigenvalue weighted by Crippen LogP contribution is 2.46. The highest BCUT2D eigenvalue weighted by molar-refractivity contribution is 7.26. The molecule has 0 aliphatic carbocycles. The second-order valence-electron chi connectivity index (χ2n) is 22.5. The predicted molar refractivity (Wildman–Crippen MR) is 363 cm³/mol. The summed E-state index contributed by atoms with van der Waals surface area (Å²) in [7, 11) is 0. The van der Waals surface area contributed by atoms with Crippen LogP contribution in [0.5, 0.6) is 0 Å². The lowest BCUT2D eigenvalue weighted by molar-refractivity contribution is 1.31. The molecule has 3 aromatic heterocycles. The van der Waals surface area contributed by atoms with Crippen LogP contribution in [0.3, 0.4) is 0 Å². The van der Waals surface area contributed by atoms with Gasteiger partial charge in [0.2, 0.25) is 0 Å². The second-order valence-corrected chi connectivity index (χ2v) is 23.6. The van der Waals surface area contributed by atoms with E-state index in [-0.39, 0.29) is 0 Å². The number of rotatable bonds is 6. The number of fused-ring (bicyclic) bond motifs is 21. The summed E-state index contributed by atoms with van der Waals surface area (Å²) in [6, 6.07) is 98.6. The molecule has 15 aromatic carbocycles. The van der Waals surface area contributed by atoms with Crippen LogP contribution in [0.25, 0.3) is 184 Å². The van der Waals surface area contributed by atoms with Gasteiger partial charge in [0.15, 0.2) is 0 Å². The number of thiophene rings is 1. The molecule has 0 saturated heterocycles. The average Bonchev–Trinajstić information content (AvgIpc) is 2.36. The Balaban J connectivity index is 0.728. The lowest BCUT2D eigenvalue weighted by Gasteiger charge is -2.15. The summed E-state index contributed by atoms with van der Waals surface area (Å²) in [5, 5.41) is 21.9. The topological polar surface area (TPSA) is 38.7 Å². The minimum atomic E-state index is 0.925. The summed E-state index contributed by atoms with van der Waals surface area (Å²) < 4.78 is 2.62. The van der Waals surface area contributed by atoms with Crippen molar-refractivity contribution in [3.8, 4) is 66.9 Å². The molecule has 3 heterocycles. The second kappa shape index (κ2) is 18.8. The zero-order valence-electron chi connectivity index (χ0n) is 45.9. The van der Waals surface area contributed by atoms with Crippen LogP contribution >= 0.6 is 11.3 Å². The maximum Gasteiger partial charge on any atom is 0.0971 e. The van der Waals surface area contributed by atoms with E-state index in [0.29, 0.717) is 0 Å². The lowest BCUT2D eigenvalue weighted by Crippen LogP contribution is -1.90. The largest absolute Gasteiger partial charge is 0.256 e. The van der Waals surface area contributed by atoms with Gasteiger partial charge in [0.1, 0.15) is 0 Å². The van der Waals surface area contributed by atoms with Crippen LogP contribution < -0.4 is 0 Å². The first-order valence-corrected chi connectivity index (χ1v) is 29.8. The molecular formula is C81H47N3S. The molecule has 85 heavy (non-hydrogen) atoms.